The van der Waals surface area contributed by atoms with Crippen molar-refractivity contribution in [3.05, 3.63) is 38.9 Å². The van der Waals surface area contributed by atoms with E-state index in [1.54, 1.807) is 18.2 Å². The number of rotatable bonds is 5. The molecule has 2 aromatic rings. The van der Waals surface area contributed by atoms with E-state index in [2.05, 4.69) is 15.3 Å². The number of benzene rings is 1. The smallest absolute Gasteiger partial charge is 0.314 e. The molecule has 0 spiro atoms. The lowest BCUT2D eigenvalue weighted by atomic mass is 10.2. The fraction of sp³-hybridized carbons (Fsp3) is 0.308. The van der Waals surface area contributed by atoms with Gasteiger partial charge in [0, 0.05) is 19.4 Å². The van der Waals surface area contributed by atoms with E-state index in [0.717, 1.165) is 0 Å². The topological polar surface area (TPSA) is 130 Å². The van der Waals surface area contributed by atoms with Crippen molar-refractivity contribution < 1.29 is 9.53 Å². The van der Waals surface area contributed by atoms with Gasteiger partial charge in [-0.15, -0.1) is 0 Å². The Hall–Kier alpha value is -2.45. The van der Waals surface area contributed by atoms with Crippen LogP contribution in [0.1, 0.15) is 6.42 Å². The average Bonchev–Trinajstić information content (AvgIpc) is 2.46. The first-order valence-electron chi connectivity index (χ1n) is 6.33. The molecule has 0 radical (unpaired) electrons. The molecule has 8 nitrogen and oxygen atoms in total. The number of aromatic amines is 2. The number of hydrogen-bond donors (Lipinski definition) is 4. The van der Waals surface area contributed by atoms with Gasteiger partial charge in [-0.2, -0.15) is 0 Å². The predicted molar refractivity (Wildman–Crippen MR) is 78.3 cm³/mol. The van der Waals surface area contributed by atoms with Crippen LogP contribution in [0.4, 0.5) is 5.69 Å². The van der Waals surface area contributed by atoms with Crippen molar-refractivity contribution in [1.82, 2.24) is 9.97 Å². The molecular formula is C13H16N4O4. The molecule has 1 aromatic carbocycles. The second-order valence-corrected chi connectivity index (χ2v) is 4.55. The van der Waals surface area contributed by atoms with Crippen LogP contribution in [0.15, 0.2) is 27.8 Å². The zero-order valence-corrected chi connectivity index (χ0v) is 11.4. The standard InChI is InChI=1S/C13H16N4O4/c1-21-5-4-8(14)11(18)15-7-2-3-9-10(6-7)17-13(20)12(19)16-9/h2-3,6,8H,4-5,14H2,1H3,(H,15,18)(H,16,19)(H,17,20). The maximum atomic E-state index is 11.9. The van der Waals surface area contributed by atoms with Crippen molar-refractivity contribution in [3.8, 4) is 0 Å². The van der Waals surface area contributed by atoms with Crippen LogP contribution in [0, 0.1) is 0 Å². The summed E-state index contributed by atoms with van der Waals surface area (Å²) in [6, 6.07) is 4.06. The Balaban J connectivity index is 2.19. The van der Waals surface area contributed by atoms with E-state index in [1.807, 2.05) is 0 Å². The van der Waals surface area contributed by atoms with Crippen LogP contribution >= 0.6 is 0 Å². The number of anilines is 1. The molecule has 0 bridgehead atoms. The molecular weight excluding hydrogens is 276 g/mol. The van der Waals surface area contributed by atoms with Crippen molar-refractivity contribution in [2.24, 2.45) is 5.73 Å². The quantitative estimate of drug-likeness (QED) is 0.553. The van der Waals surface area contributed by atoms with Crippen molar-refractivity contribution in [2.75, 3.05) is 19.0 Å². The molecule has 8 heteroatoms. The maximum absolute atomic E-state index is 11.9. The van der Waals surface area contributed by atoms with E-state index in [-0.39, 0.29) is 5.91 Å². The number of methoxy groups -OCH3 is 1. The molecule has 5 N–H and O–H groups in total. The molecule has 1 unspecified atom stereocenters. The first-order chi connectivity index (χ1) is 10.0. The first-order valence-corrected chi connectivity index (χ1v) is 6.33. The Labute approximate surface area is 119 Å². The van der Waals surface area contributed by atoms with Crippen LogP contribution < -0.4 is 22.2 Å². The Morgan fingerprint density at radius 2 is 1.95 bits per heavy atom. The lowest BCUT2D eigenvalue weighted by Crippen LogP contribution is -2.36. The van der Waals surface area contributed by atoms with Crippen molar-refractivity contribution in [2.45, 2.75) is 12.5 Å². The number of carbonyl (C=O) groups is 1. The number of H-pyrrole nitrogens is 2. The summed E-state index contributed by atoms with van der Waals surface area (Å²) < 4.78 is 4.86. The second kappa shape index (κ2) is 6.33. The zero-order chi connectivity index (χ0) is 15.4. The van der Waals surface area contributed by atoms with Crippen LogP contribution in [-0.4, -0.2) is 35.6 Å². The van der Waals surface area contributed by atoms with Gasteiger partial charge in [0.1, 0.15) is 0 Å². The van der Waals surface area contributed by atoms with Gasteiger partial charge < -0.3 is 25.8 Å². The van der Waals surface area contributed by atoms with Gasteiger partial charge in [0.2, 0.25) is 5.91 Å². The van der Waals surface area contributed by atoms with E-state index < -0.39 is 17.2 Å². The molecule has 2 rings (SSSR count). The Kier molecular flexibility index (Phi) is 4.51. The third-order valence-electron chi connectivity index (χ3n) is 2.96. The molecule has 0 aliphatic rings. The molecule has 0 fully saturated rings. The number of aromatic nitrogens is 2. The summed E-state index contributed by atoms with van der Waals surface area (Å²) in [6.45, 7) is 0.390. The highest BCUT2D eigenvalue weighted by Crippen LogP contribution is 2.14. The molecule has 1 amide bonds. The van der Waals surface area contributed by atoms with Gasteiger partial charge in [0.05, 0.1) is 17.1 Å². The van der Waals surface area contributed by atoms with Gasteiger partial charge in [-0.1, -0.05) is 0 Å². The monoisotopic (exact) mass is 292 g/mol. The van der Waals surface area contributed by atoms with Crippen molar-refractivity contribution in [3.63, 3.8) is 0 Å². The number of amides is 1. The predicted octanol–water partition coefficient (Wildman–Crippen LogP) is -0.481. The fourth-order valence-corrected chi connectivity index (χ4v) is 1.80. The summed E-state index contributed by atoms with van der Waals surface area (Å²) in [7, 11) is 1.53. The molecule has 0 aliphatic carbocycles. The van der Waals surface area contributed by atoms with Crippen LogP contribution in [0.2, 0.25) is 0 Å². The molecule has 0 aliphatic heterocycles. The van der Waals surface area contributed by atoms with Crippen LogP contribution in [0.5, 0.6) is 0 Å². The Bertz CT molecular complexity index is 765. The van der Waals surface area contributed by atoms with Gasteiger partial charge in [-0.05, 0) is 24.6 Å². The van der Waals surface area contributed by atoms with Gasteiger partial charge in [-0.25, -0.2) is 0 Å². The van der Waals surface area contributed by atoms with E-state index in [1.165, 1.54) is 7.11 Å². The first kappa shape index (κ1) is 14.9. The number of ether oxygens (including phenoxy) is 1. The largest absolute Gasteiger partial charge is 0.385 e. The third-order valence-corrected chi connectivity index (χ3v) is 2.96. The van der Waals surface area contributed by atoms with E-state index in [9.17, 15) is 14.4 Å². The second-order valence-electron chi connectivity index (χ2n) is 4.55. The maximum Gasteiger partial charge on any atom is 0.314 e. The summed E-state index contributed by atoms with van der Waals surface area (Å²) >= 11 is 0. The highest BCUT2D eigenvalue weighted by Gasteiger charge is 2.13. The minimum absolute atomic E-state index is 0.349. The highest BCUT2D eigenvalue weighted by molar-refractivity contribution is 5.96. The van der Waals surface area contributed by atoms with Crippen molar-refractivity contribution >= 4 is 22.6 Å². The Morgan fingerprint density at radius 1 is 1.29 bits per heavy atom. The van der Waals surface area contributed by atoms with Crippen LogP contribution in [0.3, 0.4) is 0 Å². The third kappa shape index (κ3) is 3.56. The van der Waals surface area contributed by atoms with Gasteiger partial charge >= 0.3 is 11.1 Å². The average molecular weight is 292 g/mol. The highest BCUT2D eigenvalue weighted by atomic mass is 16.5. The number of hydrogen-bond acceptors (Lipinski definition) is 5. The number of nitrogens with two attached hydrogens (primary N) is 1. The van der Waals surface area contributed by atoms with E-state index in [4.69, 9.17) is 10.5 Å². The summed E-state index contributed by atoms with van der Waals surface area (Å²) in [5, 5.41) is 2.64. The van der Waals surface area contributed by atoms with Crippen molar-refractivity contribution in [1.29, 1.82) is 0 Å². The zero-order valence-electron chi connectivity index (χ0n) is 11.4. The van der Waals surface area contributed by atoms with Gasteiger partial charge in [0.15, 0.2) is 0 Å². The summed E-state index contributed by atoms with van der Waals surface area (Å²) in [5.74, 6) is -0.349. The minimum Gasteiger partial charge on any atom is -0.385 e. The SMILES string of the molecule is COCCC(N)C(=O)Nc1ccc2[nH]c(=O)c(=O)[nH]c2c1. The summed E-state index contributed by atoms with van der Waals surface area (Å²) in [4.78, 5) is 39.2. The summed E-state index contributed by atoms with van der Waals surface area (Å²) in [6.07, 6.45) is 0.403. The Morgan fingerprint density at radius 3 is 2.62 bits per heavy atom. The number of nitrogens with one attached hydrogen (secondary N) is 3. The molecule has 1 aromatic heterocycles. The lowest BCUT2D eigenvalue weighted by molar-refractivity contribution is -0.117. The van der Waals surface area contributed by atoms with E-state index >= 15 is 0 Å². The fourth-order valence-electron chi connectivity index (χ4n) is 1.80. The number of carbonyl (C=O) groups excluding carboxylic acids is 1. The van der Waals surface area contributed by atoms with Gasteiger partial charge in [-0.3, -0.25) is 14.4 Å². The molecule has 21 heavy (non-hydrogen) atoms. The lowest BCUT2D eigenvalue weighted by Gasteiger charge is -2.12. The van der Waals surface area contributed by atoms with Crippen LogP contribution in [0.25, 0.3) is 11.0 Å². The van der Waals surface area contributed by atoms with E-state index in [0.29, 0.717) is 29.7 Å². The summed E-state index contributed by atoms with van der Waals surface area (Å²) in [5.41, 5.74) is 5.61. The van der Waals surface area contributed by atoms with Crippen LogP contribution in [-0.2, 0) is 9.53 Å². The molecule has 0 saturated carbocycles. The molecule has 1 atom stereocenters. The normalized spacial score (nSPS) is 12.3. The molecule has 112 valence electrons. The number of fused-ring (bicyclic) bond motifs is 1. The molecule has 1 heterocycles. The van der Waals surface area contributed by atoms with Gasteiger partial charge in [0.25, 0.3) is 0 Å². The molecule has 0 saturated heterocycles. The minimum atomic E-state index is -0.747.